The van der Waals surface area contributed by atoms with Gasteiger partial charge < -0.3 is 19.7 Å². The number of benzene rings is 2. The summed E-state index contributed by atoms with van der Waals surface area (Å²) in [6, 6.07) is 13.3. The summed E-state index contributed by atoms with van der Waals surface area (Å²) in [4.78, 5) is 19.2. The lowest BCUT2D eigenvalue weighted by molar-refractivity contribution is -0.136. The molecule has 3 rings (SSSR count). The van der Waals surface area contributed by atoms with Gasteiger partial charge in [-0.15, -0.1) is 0 Å². The average molecular weight is 411 g/mol. The number of esters is 1. The highest BCUT2D eigenvalue weighted by Crippen LogP contribution is 2.31. The summed E-state index contributed by atoms with van der Waals surface area (Å²) in [7, 11) is 2.97. The second kappa shape index (κ2) is 9.43. The number of methoxy groups -OCH3 is 2. The van der Waals surface area contributed by atoms with Gasteiger partial charge in [-0.3, -0.25) is 0 Å². The van der Waals surface area contributed by atoms with E-state index in [0.29, 0.717) is 30.2 Å². The SMILES string of the molecule is CCN1C(=NCc2ccc(OC)cc2)NC(c2cccc(F)c2)C(C(=O)OC)=C1C. The van der Waals surface area contributed by atoms with Crippen LogP contribution >= 0.6 is 0 Å². The molecule has 1 N–H and O–H groups in total. The number of hydrogen-bond donors (Lipinski definition) is 1. The Hall–Kier alpha value is -3.35. The summed E-state index contributed by atoms with van der Waals surface area (Å²) < 4.78 is 24.1. The number of guanidine groups is 1. The number of aliphatic imine (C=N–C) groups is 1. The van der Waals surface area contributed by atoms with Gasteiger partial charge in [0.25, 0.3) is 0 Å². The molecule has 0 saturated carbocycles. The van der Waals surface area contributed by atoms with E-state index < -0.39 is 12.0 Å². The van der Waals surface area contributed by atoms with Gasteiger partial charge in [-0.05, 0) is 49.2 Å². The van der Waals surface area contributed by atoms with Crippen molar-refractivity contribution in [2.24, 2.45) is 4.99 Å². The molecule has 1 heterocycles. The van der Waals surface area contributed by atoms with Gasteiger partial charge in [0, 0.05) is 12.2 Å². The zero-order valence-corrected chi connectivity index (χ0v) is 17.6. The molecule has 0 aromatic heterocycles. The fraction of sp³-hybridized carbons (Fsp3) is 0.304. The maximum atomic E-state index is 13.9. The highest BCUT2D eigenvalue weighted by molar-refractivity contribution is 5.96. The maximum absolute atomic E-state index is 13.9. The van der Waals surface area contributed by atoms with Gasteiger partial charge in [-0.25, -0.2) is 14.2 Å². The Labute approximate surface area is 176 Å². The molecule has 1 unspecified atom stereocenters. The van der Waals surface area contributed by atoms with Crippen molar-refractivity contribution in [3.8, 4) is 5.75 Å². The van der Waals surface area contributed by atoms with Crippen molar-refractivity contribution in [1.82, 2.24) is 10.2 Å². The largest absolute Gasteiger partial charge is 0.497 e. The minimum Gasteiger partial charge on any atom is -0.497 e. The first-order valence-electron chi connectivity index (χ1n) is 9.74. The van der Waals surface area contributed by atoms with Crippen molar-refractivity contribution >= 4 is 11.9 Å². The highest BCUT2D eigenvalue weighted by atomic mass is 19.1. The smallest absolute Gasteiger partial charge is 0.337 e. The molecule has 7 heteroatoms. The van der Waals surface area contributed by atoms with Gasteiger partial charge in [-0.2, -0.15) is 0 Å². The summed E-state index contributed by atoms with van der Waals surface area (Å²) >= 11 is 0. The Morgan fingerprint density at radius 1 is 1.20 bits per heavy atom. The molecule has 0 aliphatic carbocycles. The summed E-state index contributed by atoms with van der Waals surface area (Å²) in [5.74, 6) is 0.575. The monoisotopic (exact) mass is 411 g/mol. The van der Waals surface area contributed by atoms with Crippen molar-refractivity contribution in [3.63, 3.8) is 0 Å². The molecule has 2 aromatic rings. The van der Waals surface area contributed by atoms with E-state index in [2.05, 4.69) is 5.32 Å². The van der Waals surface area contributed by atoms with Crippen LogP contribution in [0.2, 0.25) is 0 Å². The molecule has 0 spiro atoms. The lowest BCUT2D eigenvalue weighted by Gasteiger charge is -2.37. The Bertz CT molecular complexity index is 970. The van der Waals surface area contributed by atoms with Gasteiger partial charge >= 0.3 is 5.97 Å². The van der Waals surface area contributed by atoms with Crippen LogP contribution in [0, 0.1) is 5.82 Å². The van der Waals surface area contributed by atoms with E-state index in [9.17, 15) is 9.18 Å². The third kappa shape index (κ3) is 4.45. The Morgan fingerprint density at radius 3 is 2.53 bits per heavy atom. The molecule has 1 atom stereocenters. The first kappa shape index (κ1) is 21.4. The molecule has 2 aromatic carbocycles. The van der Waals surface area contributed by atoms with Crippen molar-refractivity contribution in [2.75, 3.05) is 20.8 Å². The van der Waals surface area contributed by atoms with E-state index in [-0.39, 0.29) is 5.82 Å². The number of carbonyl (C=O) groups excluding carboxylic acids is 1. The molecular formula is C23H26FN3O3. The molecule has 0 fully saturated rings. The van der Waals surface area contributed by atoms with E-state index in [1.165, 1.54) is 19.2 Å². The Kier molecular flexibility index (Phi) is 6.72. The van der Waals surface area contributed by atoms with Crippen LogP contribution < -0.4 is 10.1 Å². The zero-order valence-electron chi connectivity index (χ0n) is 17.6. The second-order valence-corrected chi connectivity index (χ2v) is 6.86. The van der Waals surface area contributed by atoms with Gasteiger partial charge in [0.15, 0.2) is 5.96 Å². The molecule has 0 saturated heterocycles. The normalized spacial score (nSPS) is 17.7. The minimum absolute atomic E-state index is 0.370. The van der Waals surface area contributed by atoms with Gasteiger partial charge in [0.05, 0.1) is 32.4 Å². The van der Waals surface area contributed by atoms with E-state index in [4.69, 9.17) is 14.5 Å². The van der Waals surface area contributed by atoms with Crippen LogP contribution in [0.1, 0.15) is 31.0 Å². The zero-order chi connectivity index (χ0) is 21.7. The third-order valence-electron chi connectivity index (χ3n) is 5.09. The molecule has 6 nitrogen and oxygen atoms in total. The minimum atomic E-state index is -0.564. The lowest BCUT2D eigenvalue weighted by atomic mass is 9.94. The van der Waals surface area contributed by atoms with Crippen molar-refractivity contribution in [2.45, 2.75) is 26.4 Å². The lowest BCUT2D eigenvalue weighted by Crippen LogP contribution is -2.49. The van der Waals surface area contributed by atoms with Crippen LogP contribution in [0.4, 0.5) is 4.39 Å². The Balaban J connectivity index is 1.99. The maximum Gasteiger partial charge on any atom is 0.337 e. The van der Waals surface area contributed by atoms with E-state index in [1.807, 2.05) is 43.0 Å². The van der Waals surface area contributed by atoms with Gasteiger partial charge in [0.1, 0.15) is 11.6 Å². The molecule has 30 heavy (non-hydrogen) atoms. The topological polar surface area (TPSA) is 63.2 Å². The standard InChI is InChI=1S/C23H26FN3O3/c1-5-27-15(2)20(22(28)30-4)21(17-7-6-8-18(24)13-17)26-23(27)25-14-16-9-11-19(29-3)12-10-16/h6-13,21H,5,14H2,1-4H3,(H,25,26). The molecule has 158 valence electrons. The predicted octanol–water partition coefficient (Wildman–Crippen LogP) is 3.80. The molecule has 0 bridgehead atoms. The summed E-state index contributed by atoms with van der Waals surface area (Å²) in [5, 5.41) is 3.31. The molecule has 1 aliphatic rings. The quantitative estimate of drug-likeness (QED) is 0.733. The van der Waals surface area contributed by atoms with Crippen LogP contribution in [0.5, 0.6) is 5.75 Å². The summed E-state index contributed by atoms with van der Waals surface area (Å²) in [6.45, 7) is 4.88. The second-order valence-electron chi connectivity index (χ2n) is 6.86. The highest BCUT2D eigenvalue weighted by Gasteiger charge is 2.34. The van der Waals surface area contributed by atoms with Crippen LogP contribution in [0.3, 0.4) is 0 Å². The molecular weight excluding hydrogens is 385 g/mol. The van der Waals surface area contributed by atoms with Crippen molar-refractivity contribution in [3.05, 3.63) is 76.7 Å². The molecule has 0 radical (unpaired) electrons. The number of nitrogens with one attached hydrogen (secondary N) is 1. The Morgan fingerprint density at radius 2 is 1.93 bits per heavy atom. The number of allylic oxidation sites excluding steroid dienone is 1. The fourth-order valence-electron chi connectivity index (χ4n) is 3.52. The van der Waals surface area contributed by atoms with Crippen LogP contribution in [-0.2, 0) is 16.1 Å². The first-order valence-corrected chi connectivity index (χ1v) is 9.74. The van der Waals surface area contributed by atoms with Crippen LogP contribution in [0.15, 0.2) is 64.8 Å². The number of ether oxygens (including phenoxy) is 2. The van der Waals surface area contributed by atoms with Gasteiger partial charge in [-0.1, -0.05) is 24.3 Å². The summed E-state index contributed by atoms with van der Waals surface area (Å²) in [6.07, 6.45) is 0. The van der Waals surface area contributed by atoms with Gasteiger partial charge in [0.2, 0.25) is 0 Å². The van der Waals surface area contributed by atoms with E-state index >= 15 is 0 Å². The van der Waals surface area contributed by atoms with Crippen molar-refractivity contribution in [1.29, 1.82) is 0 Å². The molecule has 0 amide bonds. The number of halogens is 1. The van der Waals surface area contributed by atoms with E-state index in [1.54, 1.807) is 19.2 Å². The molecule has 1 aliphatic heterocycles. The number of hydrogen-bond acceptors (Lipinski definition) is 4. The average Bonchev–Trinajstić information content (AvgIpc) is 2.77. The third-order valence-corrected chi connectivity index (χ3v) is 5.09. The van der Waals surface area contributed by atoms with Crippen LogP contribution in [0.25, 0.3) is 0 Å². The first-order chi connectivity index (χ1) is 14.5. The predicted molar refractivity (Wildman–Crippen MR) is 114 cm³/mol. The number of carbonyl (C=O) groups is 1. The number of nitrogens with zero attached hydrogens (tertiary/aromatic N) is 2. The number of rotatable bonds is 6. The van der Waals surface area contributed by atoms with Crippen molar-refractivity contribution < 1.29 is 18.7 Å². The summed E-state index contributed by atoms with van der Waals surface area (Å²) in [5.41, 5.74) is 2.81. The van der Waals surface area contributed by atoms with E-state index in [0.717, 1.165) is 17.0 Å². The van der Waals surface area contributed by atoms with Crippen LogP contribution in [-0.4, -0.2) is 37.6 Å². The fourth-order valence-corrected chi connectivity index (χ4v) is 3.52.